The molecule has 0 spiro atoms. The first kappa shape index (κ1) is 14.0. The van der Waals surface area contributed by atoms with Crippen molar-refractivity contribution in [2.75, 3.05) is 6.61 Å². The van der Waals surface area contributed by atoms with Crippen LogP contribution in [0.25, 0.3) is 0 Å². The smallest absolute Gasteiger partial charge is 0.128 e. The van der Waals surface area contributed by atoms with Gasteiger partial charge in [0, 0.05) is 5.56 Å². The number of nitrogens with zero attached hydrogens (tertiary/aromatic N) is 1. The van der Waals surface area contributed by atoms with Gasteiger partial charge in [0.25, 0.3) is 0 Å². The maximum absolute atomic E-state index is 8.53. The van der Waals surface area contributed by atoms with Crippen molar-refractivity contribution in [3.8, 4) is 5.75 Å². The van der Waals surface area contributed by atoms with Gasteiger partial charge in [-0.05, 0) is 24.6 Å². The fourth-order valence-electron chi connectivity index (χ4n) is 1.39. The summed E-state index contributed by atoms with van der Waals surface area (Å²) in [6, 6.07) is 7.43. The van der Waals surface area contributed by atoms with E-state index in [0.29, 0.717) is 12.4 Å². The van der Waals surface area contributed by atoms with E-state index in [4.69, 9.17) is 9.94 Å². The lowest BCUT2D eigenvalue weighted by Gasteiger charge is -2.05. The molecule has 0 bridgehead atoms. The molecule has 0 fully saturated rings. The molecule has 0 aliphatic rings. The fourth-order valence-corrected chi connectivity index (χ4v) is 1.39. The minimum atomic E-state index is 0.493. The van der Waals surface area contributed by atoms with Crippen LogP contribution in [0.4, 0.5) is 0 Å². The van der Waals surface area contributed by atoms with Gasteiger partial charge in [0.1, 0.15) is 12.4 Å². The van der Waals surface area contributed by atoms with Crippen molar-refractivity contribution in [1.29, 1.82) is 0 Å². The Morgan fingerprint density at radius 2 is 2.00 bits per heavy atom. The predicted octanol–water partition coefficient (Wildman–Crippen LogP) is 3.79. The van der Waals surface area contributed by atoms with Crippen molar-refractivity contribution >= 4 is 6.21 Å². The molecule has 3 nitrogen and oxygen atoms in total. The van der Waals surface area contributed by atoms with E-state index < -0.39 is 0 Å². The molecule has 1 N–H and O–H groups in total. The summed E-state index contributed by atoms with van der Waals surface area (Å²) in [5.74, 6) is 0.706. The summed E-state index contributed by atoms with van der Waals surface area (Å²) in [7, 11) is 0. The fraction of sp³-hybridized carbons (Fsp3) is 0.267. The zero-order valence-corrected chi connectivity index (χ0v) is 10.6. The van der Waals surface area contributed by atoms with Crippen LogP contribution in [0, 0.1) is 0 Å². The number of para-hydroxylation sites is 1. The van der Waals surface area contributed by atoms with Crippen molar-refractivity contribution in [2.45, 2.75) is 19.8 Å². The number of hydrogen-bond donors (Lipinski definition) is 1. The summed E-state index contributed by atoms with van der Waals surface area (Å²) in [6.45, 7) is 2.64. The van der Waals surface area contributed by atoms with Gasteiger partial charge in [-0.3, -0.25) is 0 Å². The normalized spacial score (nSPS) is 11.8. The zero-order valence-electron chi connectivity index (χ0n) is 10.6. The minimum Gasteiger partial charge on any atom is -0.489 e. The van der Waals surface area contributed by atoms with E-state index in [9.17, 15) is 0 Å². The molecule has 0 saturated heterocycles. The van der Waals surface area contributed by atoms with Gasteiger partial charge >= 0.3 is 0 Å². The van der Waals surface area contributed by atoms with Crippen LogP contribution in [-0.2, 0) is 0 Å². The maximum Gasteiger partial charge on any atom is 0.128 e. The molecule has 0 heterocycles. The maximum atomic E-state index is 8.53. The van der Waals surface area contributed by atoms with E-state index in [1.165, 1.54) is 6.21 Å². The molecule has 0 radical (unpaired) electrons. The van der Waals surface area contributed by atoms with Crippen LogP contribution in [0.15, 0.2) is 53.7 Å². The van der Waals surface area contributed by atoms with Crippen LogP contribution >= 0.6 is 0 Å². The van der Waals surface area contributed by atoms with Crippen molar-refractivity contribution in [2.24, 2.45) is 5.16 Å². The Morgan fingerprint density at radius 3 is 2.78 bits per heavy atom. The third kappa shape index (κ3) is 5.34. The van der Waals surface area contributed by atoms with Gasteiger partial charge in [0.2, 0.25) is 0 Å². The van der Waals surface area contributed by atoms with Crippen molar-refractivity contribution in [3.05, 3.63) is 54.1 Å². The van der Waals surface area contributed by atoms with Crippen molar-refractivity contribution in [3.63, 3.8) is 0 Å². The van der Waals surface area contributed by atoms with E-state index in [1.54, 1.807) is 0 Å². The van der Waals surface area contributed by atoms with Crippen LogP contribution < -0.4 is 4.74 Å². The monoisotopic (exact) mass is 245 g/mol. The second-order valence-corrected chi connectivity index (χ2v) is 3.74. The molecule has 3 heteroatoms. The molecule has 96 valence electrons. The minimum absolute atomic E-state index is 0.493. The summed E-state index contributed by atoms with van der Waals surface area (Å²) in [4.78, 5) is 0. The SMILES string of the molecule is CCCC=CC=CCOc1ccccc1C=NO. The van der Waals surface area contributed by atoms with E-state index in [0.717, 1.165) is 18.4 Å². The Balaban J connectivity index is 2.44. The van der Waals surface area contributed by atoms with Crippen LogP contribution in [-0.4, -0.2) is 18.0 Å². The Kier molecular flexibility index (Phi) is 7.05. The first-order chi connectivity index (χ1) is 8.88. The van der Waals surface area contributed by atoms with E-state index in [1.807, 2.05) is 42.5 Å². The molecule has 1 rings (SSSR count). The van der Waals surface area contributed by atoms with Gasteiger partial charge in [0.15, 0.2) is 0 Å². The highest BCUT2D eigenvalue weighted by atomic mass is 16.5. The Morgan fingerprint density at radius 1 is 1.22 bits per heavy atom. The number of hydrogen-bond acceptors (Lipinski definition) is 3. The molecule has 0 aliphatic heterocycles. The average molecular weight is 245 g/mol. The van der Waals surface area contributed by atoms with Crippen LogP contribution in [0.3, 0.4) is 0 Å². The third-order valence-corrected chi connectivity index (χ3v) is 2.29. The summed E-state index contributed by atoms with van der Waals surface area (Å²) in [5.41, 5.74) is 0.759. The quantitative estimate of drug-likeness (QED) is 0.344. The number of allylic oxidation sites excluding steroid dienone is 3. The van der Waals surface area contributed by atoms with Crippen LogP contribution in [0.5, 0.6) is 5.75 Å². The largest absolute Gasteiger partial charge is 0.489 e. The number of ether oxygens (including phenoxy) is 1. The van der Waals surface area contributed by atoms with Gasteiger partial charge in [-0.2, -0.15) is 0 Å². The van der Waals surface area contributed by atoms with Crippen LogP contribution in [0.1, 0.15) is 25.3 Å². The van der Waals surface area contributed by atoms with E-state index in [2.05, 4.69) is 18.2 Å². The first-order valence-corrected chi connectivity index (χ1v) is 6.09. The average Bonchev–Trinajstić information content (AvgIpc) is 2.40. The second-order valence-electron chi connectivity index (χ2n) is 3.74. The van der Waals surface area contributed by atoms with Gasteiger partial charge in [0.05, 0.1) is 6.21 Å². The highest BCUT2D eigenvalue weighted by Gasteiger charge is 1.98. The molecule has 0 amide bonds. The van der Waals surface area contributed by atoms with Gasteiger partial charge < -0.3 is 9.94 Å². The second kappa shape index (κ2) is 9.05. The molecule has 0 atom stereocenters. The molecular weight excluding hydrogens is 226 g/mol. The number of rotatable bonds is 7. The molecule has 18 heavy (non-hydrogen) atoms. The topological polar surface area (TPSA) is 41.8 Å². The van der Waals surface area contributed by atoms with Crippen molar-refractivity contribution < 1.29 is 9.94 Å². The summed E-state index contributed by atoms with van der Waals surface area (Å²) in [6.07, 6.45) is 11.7. The summed E-state index contributed by atoms with van der Waals surface area (Å²) >= 11 is 0. The standard InChI is InChI=1S/C15H19NO2/c1-2-3-4-5-6-9-12-18-15-11-8-7-10-14(15)13-16-17/h4-11,13,17H,2-3,12H2,1H3. The van der Waals surface area contributed by atoms with E-state index in [-0.39, 0.29) is 0 Å². The number of unbranched alkanes of at least 4 members (excludes halogenated alkanes) is 1. The van der Waals surface area contributed by atoms with Gasteiger partial charge in [-0.15, -0.1) is 0 Å². The zero-order chi connectivity index (χ0) is 13.1. The number of benzene rings is 1. The Hall–Kier alpha value is -2.03. The molecule has 1 aromatic rings. The lowest BCUT2D eigenvalue weighted by Crippen LogP contribution is -1.96. The third-order valence-electron chi connectivity index (χ3n) is 2.29. The Labute approximate surface area is 108 Å². The molecule has 0 unspecified atom stereocenters. The molecule has 0 saturated carbocycles. The molecule has 0 aliphatic carbocycles. The van der Waals surface area contributed by atoms with Gasteiger partial charge in [-0.1, -0.05) is 48.9 Å². The lowest BCUT2D eigenvalue weighted by atomic mass is 10.2. The molecule has 1 aromatic carbocycles. The highest BCUT2D eigenvalue weighted by Crippen LogP contribution is 2.15. The molecule has 0 aromatic heterocycles. The predicted molar refractivity (Wildman–Crippen MR) is 74.5 cm³/mol. The van der Waals surface area contributed by atoms with Crippen LogP contribution in [0.2, 0.25) is 0 Å². The summed E-state index contributed by atoms with van der Waals surface area (Å²) < 4.78 is 5.57. The lowest BCUT2D eigenvalue weighted by molar-refractivity contribution is 0.321. The Bertz CT molecular complexity index is 422. The van der Waals surface area contributed by atoms with Crippen molar-refractivity contribution in [1.82, 2.24) is 0 Å². The van der Waals surface area contributed by atoms with E-state index >= 15 is 0 Å². The summed E-state index contributed by atoms with van der Waals surface area (Å²) in [5, 5.41) is 11.5. The van der Waals surface area contributed by atoms with Gasteiger partial charge in [-0.25, -0.2) is 0 Å². The first-order valence-electron chi connectivity index (χ1n) is 6.09. The number of oxime groups is 1. The molecular formula is C15H19NO2. The highest BCUT2D eigenvalue weighted by molar-refractivity contribution is 5.82.